The molecule has 0 spiro atoms. The van der Waals surface area contributed by atoms with Gasteiger partial charge < -0.3 is 20.3 Å². The smallest absolute Gasteiger partial charge is 0.266 e. The Kier molecular flexibility index (Phi) is 5.07. The standard InChI is InChI=1S/C18H16N2O4/c1-11-3-5-14(6-4-11)20-18(23)13(10-19)7-12-8-15(21)17(22)16(9-12)24-2/h3-9,21-22H,1-2H3,(H,20,23)/b13-7+. The highest BCUT2D eigenvalue weighted by Gasteiger charge is 2.13. The summed E-state index contributed by atoms with van der Waals surface area (Å²) in [5.74, 6) is -1.35. The van der Waals surface area contributed by atoms with Gasteiger partial charge in [0.1, 0.15) is 11.6 Å². The van der Waals surface area contributed by atoms with Gasteiger partial charge in [-0.3, -0.25) is 4.79 Å². The van der Waals surface area contributed by atoms with E-state index in [9.17, 15) is 20.3 Å². The van der Waals surface area contributed by atoms with E-state index in [-0.39, 0.29) is 11.3 Å². The molecular formula is C18H16N2O4. The third kappa shape index (κ3) is 3.84. The van der Waals surface area contributed by atoms with Crippen LogP contribution in [0.1, 0.15) is 11.1 Å². The van der Waals surface area contributed by atoms with Crippen LogP contribution in [0.5, 0.6) is 17.2 Å². The van der Waals surface area contributed by atoms with Crippen LogP contribution in [-0.2, 0) is 4.79 Å². The highest BCUT2D eigenvalue weighted by molar-refractivity contribution is 6.09. The predicted octanol–water partition coefficient (Wildman–Crippen LogP) is 2.96. The van der Waals surface area contributed by atoms with Gasteiger partial charge in [-0.25, -0.2) is 0 Å². The van der Waals surface area contributed by atoms with E-state index in [1.54, 1.807) is 12.1 Å². The Bertz CT molecular complexity index is 833. The van der Waals surface area contributed by atoms with Gasteiger partial charge in [0.25, 0.3) is 5.91 Å². The molecule has 0 aliphatic carbocycles. The number of hydrogen-bond acceptors (Lipinski definition) is 5. The third-order valence-electron chi connectivity index (χ3n) is 3.28. The van der Waals surface area contributed by atoms with Gasteiger partial charge in [-0.15, -0.1) is 0 Å². The SMILES string of the molecule is COc1cc(/C=C(\C#N)C(=O)Nc2ccc(C)cc2)cc(O)c1O. The molecule has 1 amide bonds. The number of nitrogens with one attached hydrogen (secondary N) is 1. The summed E-state index contributed by atoms with van der Waals surface area (Å²) in [5.41, 5.74) is 1.81. The fourth-order valence-electron chi connectivity index (χ4n) is 2.00. The number of ether oxygens (including phenoxy) is 1. The van der Waals surface area contributed by atoms with Gasteiger partial charge in [-0.1, -0.05) is 17.7 Å². The summed E-state index contributed by atoms with van der Waals surface area (Å²) in [6.45, 7) is 1.93. The Hall–Kier alpha value is -3.46. The maximum atomic E-state index is 12.2. The zero-order chi connectivity index (χ0) is 17.7. The molecule has 0 aliphatic heterocycles. The first-order valence-electron chi connectivity index (χ1n) is 7.04. The second kappa shape index (κ2) is 7.20. The molecular weight excluding hydrogens is 308 g/mol. The molecule has 0 saturated heterocycles. The van der Waals surface area contributed by atoms with Gasteiger partial charge in [0, 0.05) is 5.69 Å². The highest BCUT2D eigenvalue weighted by Crippen LogP contribution is 2.36. The van der Waals surface area contributed by atoms with Crippen molar-refractivity contribution in [1.82, 2.24) is 0 Å². The quantitative estimate of drug-likeness (QED) is 0.456. The molecule has 122 valence electrons. The number of methoxy groups -OCH3 is 1. The van der Waals surface area contributed by atoms with E-state index in [2.05, 4.69) is 5.32 Å². The van der Waals surface area contributed by atoms with Crippen molar-refractivity contribution in [2.45, 2.75) is 6.92 Å². The van der Waals surface area contributed by atoms with Crippen LogP contribution in [0.2, 0.25) is 0 Å². The van der Waals surface area contributed by atoms with Crippen LogP contribution in [0.3, 0.4) is 0 Å². The van der Waals surface area contributed by atoms with Crippen molar-refractivity contribution >= 4 is 17.7 Å². The number of anilines is 1. The van der Waals surface area contributed by atoms with Crippen molar-refractivity contribution in [3.63, 3.8) is 0 Å². The van der Waals surface area contributed by atoms with Gasteiger partial charge in [-0.05, 0) is 42.8 Å². The van der Waals surface area contributed by atoms with Crippen LogP contribution in [0.4, 0.5) is 5.69 Å². The number of benzene rings is 2. The Balaban J connectivity index is 2.29. The molecule has 2 aromatic carbocycles. The summed E-state index contributed by atoms with van der Waals surface area (Å²) in [5, 5.41) is 31.1. The van der Waals surface area contributed by atoms with E-state index in [4.69, 9.17) is 4.74 Å². The largest absolute Gasteiger partial charge is 0.504 e. The summed E-state index contributed by atoms with van der Waals surface area (Å²) in [4.78, 5) is 12.2. The number of phenolic OH excluding ortho intramolecular Hbond substituents is 2. The summed E-state index contributed by atoms with van der Waals surface area (Å²) in [7, 11) is 1.33. The molecule has 0 atom stereocenters. The Morgan fingerprint density at radius 1 is 1.25 bits per heavy atom. The minimum absolute atomic E-state index is 0.0393. The predicted molar refractivity (Wildman–Crippen MR) is 89.7 cm³/mol. The summed E-state index contributed by atoms with van der Waals surface area (Å²) in [6, 6.07) is 11.6. The van der Waals surface area contributed by atoms with Gasteiger partial charge in [0.15, 0.2) is 11.5 Å². The molecule has 6 nitrogen and oxygen atoms in total. The lowest BCUT2D eigenvalue weighted by atomic mass is 10.1. The average molecular weight is 324 g/mol. The second-order valence-electron chi connectivity index (χ2n) is 5.08. The minimum atomic E-state index is -0.576. The summed E-state index contributed by atoms with van der Waals surface area (Å²) < 4.78 is 4.93. The number of aromatic hydroxyl groups is 2. The number of nitriles is 1. The summed E-state index contributed by atoms with van der Waals surface area (Å²) >= 11 is 0. The van der Waals surface area contributed by atoms with Crippen molar-refractivity contribution in [3.05, 3.63) is 53.1 Å². The molecule has 6 heteroatoms. The van der Waals surface area contributed by atoms with Crippen LogP contribution in [0, 0.1) is 18.3 Å². The number of nitrogens with zero attached hydrogens (tertiary/aromatic N) is 1. The highest BCUT2D eigenvalue weighted by atomic mass is 16.5. The molecule has 2 aromatic rings. The minimum Gasteiger partial charge on any atom is -0.504 e. The Labute approximate surface area is 139 Å². The molecule has 0 fully saturated rings. The van der Waals surface area contributed by atoms with E-state index in [1.165, 1.54) is 25.3 Å². The first kappa shape index (κ1) is 16.9. The van der Waals surface area contributed by atoms with Crippen LogP contribution >= 0.6 is 0 Å². The molecule has 0 bridgehead atoms. The first-order chi connectivity index (χ1) is 11.4. The zero-order valence-electron chi connectivity index (χ0n) is 13.2. The summed E-state index contributed by atoms with van der Waals surface area (Å²) in [6.07, 6.45) is 1.30. The lowest BCUT2D eigenvalue weighted by molar-refractivity contribution is -0.112. The van der Waals surface area contributed by atoms with Gasteiger partial charge in [-0.2, -0.15) is 5.26 Å². The van der Waals surface area contributed by atoms with Gasteiger partial charge >= 0.3 is 0 Å². The molecule has 0 saturated carbocycles. The van der Waals surface area contributed by atoms with E-state index < -0.39 is 17.4 Å². The Morgan fingerprint density at radius 3 is 2.50 bits per heavy atom. The van der Waals surface area contributed by atoms with Crippen LogP contribution in [0.15, 0.2) is 42.0 Å². The number of amides is 1. The fourth-order valence-corrected chi connectivity index (χ4v) is 2.00. The van der Waals surface area contributed by atoms with Crippen molar-refractivity contribution < 1.29 is 19.7 Å². The first-order valence-corrected chi connectivity index (χ1v) is 7.04. The van der Waals surface area contributed by atoms with Crippen molar-refractivity contribution in [2.75, 3.05) is 12.4 Å². The molecule has 2 rings (SSSR count). The number of hydrogen-bond donors (Lipinski definition) is 3. The molecule has 0 aromatic heterocycles. The van der Waals surface area contributed by atoms with Gasteiger partial charge in [0.05, 0.1) is 7.11 Å². The van der Waals surface area contributed by atoms with Crippen molar-refractivity contribution in [1.29, 1.82) is 5.26 Å². The lowest BCUT2D eigenvalue weighted by Crippen LogP contribution is -2.13. The number of phenols is 2. The molecule has 0 radical (unpaired) electrons. The normalized spacial score (nSPS) is 10.8. The average Bonchev–Trinajstić information content (AvgIpc) is 2.57. The third-order valence-corrected chi connectivity index (χ3v) is 3.28. The molecule has 0 unspecified atom stereocenters. The molecule has 0 heterocycles. The van der Waals surface area contributed by atoms with Crippen LogP contribution in [-0.4, -0.2) is 23.2 Å². The number of carbonyl (C=O) groups excluding carboxylic acids is 1. The molecule has 3 N–H and O–H groups in total. The van der Waals surface area contributed by atoms with E-state index in [0.717, 1.165) is 5.56 Å². The van der Waals surface area contributed by atoms with Crippen LogP contribution < -0.4 is 10.1 Å². The monoisotopic (exact) mass is 324 g/mol. The second-order valence-corrected chi connectivity index (χ2v) is 5.08. The zero-order valence-corrected chi connectivity index (χ0v) is 13.2. The molecule has 0 aliphatic rings. The lowest BCUT2D eigenvalue weighted by Gasteiger charge is -2.07. The topological polar surface area (TPSA) is 103 Å². The number of carbonyl (C=O) groups is 1. The van der Waals surface area contributed by atoms with Crippen molar-refractivity contribution in [2.24, 2.45) is 0 Å². The number of aryl methyl sites for hydroxylation is 1. The van der Waals surface area contributed by atoms with Crippen molar-refractivity contribution in [3.8, 4) is 23.3 Å². The Morgan fingerprint density at radius 2 is 1.92 bits per heavy atom. The van der Waals surface area contributed by atoms with E-state index in [1.807, 2.05) is 25.1 Å². The fraction of sp³-hybridized carbons (Fsp3) is 0.111. The number of rotatable bonds is 4. The van der Waals surface area contributed by atoms with E-state index >= 15 is 0 Å². The van der Waals surface area contributed by atoms with Gasteiger partial charge in [0.2, 0.25) is 5.75 Å². The molecule has 24 heavy (non-hydrogen) atoms. The van der Waals surface area contributed by atoms with E-state index in [0.29, 0.717) is 11.3 Å². The maximum Gasteiger partial charge on any atom is 0.266 e. The maximum absolute atomic E-state index is 12.2. The van der Waals surface area contributed by atoms with Crippen LogP contribution in [0.25, 0.3) is 6.08 Å².